The van der Waals surface area contributed by atoms with Gasteiger partial charge in [-0.2, -0.15) is 0 Å². The van der Waals surface area contributed by atoms with Gasteiger partial charge in [0.2, 0.25) is 21.8 Å². The predicted octanol–water partition coefficient (Wildman–Crippen LogP) is 5.10. The number of benzene rings is 2. The molecular formula is C26H35Cl2N3O4S. The Labute approximate surface area is 224 Å². The van der Waals surface area contributed by atoms with Crippen molar-refractivity contribution in [2.24, 2.45) is 0 Å². The highest BCUT2D eigenvalue weighted by atomic mass is 35.5. The third kappa shape index (κ3) is 7.85. The topological polar surface area (TPSA) is 86.8 Å². The van der Waals surface area contributed by atoms with Crippen molar-refractivity contribution in [2.75, 3.05) is 17.1 Å². The van der Waals surface area contributed by atoms with Crippen LogP contribution in [0.25, 0.3) is 0 Å². The molecule has 1 N–H and O–H groups in total. The van der Waals surface area contributed by atoms with Gasteiger partial charge >= 0.3 is 0 Å². The van der Waals surface area contributed by atoms with Crippen LogP contribution in [-0.2, 0) is 26.2 Å². The Morgan fingerprint density at radius 2 is 1.67 bits per heavy atom. The Bertz CT molecular complexity index is 1200. The molecule has 7 nitrogen and oxygen atoms in total. The minimum Gasteiger partial charge on any atom is -0.352 e. The Balaban J connectivity index is 2.50. The van der Waals surface area contributed by atoms with Crippen molar-refractivity contribution in [3.05, 3.63) is 63.1 Å². The molecule has 0 spiro atoms. The van der Waals surface area contributed by atoms with Crippen molar-refractivity contribution >= 4 is 50.7 Å². The molecule has 0 aliphatic heterocycles. The van der Waals surface area contributed by atoms with Crippen LogP contribution in [0.3, 0.4) is 0 Å². The van der Waals surface area contributed by atoms with Crippen LogP contribution < -0.4 is 9.62 Å². The molecule has 2 amide bonds. The second kappa shape index (κ2) is 12.8. The highest BCUT2D eigenvalue weighted by molar-refractivity contribution is 7.92. The van der Waals surface area contributed by atoms with Gasteiger partial charge in [-0.05, 0) is 62.9 Å². The molecule has 0 saturated carbocycles. The lowest BCUT2D eigenvalue weighted by atomic mass is 10.1. The molecule has 198 valence electrons. The van der Waals surface area contributed by atoms with E-state index in [0.29, 0.717) is 27.7 Å². The number of halogens is 2. The molecule has 2 rings (SSSR count). The lowest BCUT2D eigenvalue weighted by Gasteiger charge is -2.33. The van der Waals surface area contributed by atoms with Crippen molar-refractivity contribution in [3.63, 3.8) is 0 Å². The minimum atomic E-state index is -3.80. The molecule has 0 aliphatic carbocycles. The van der Waals surface area contributed by atoms with Gasteiger partial charge in [-0.15, -0.1) is 0 Å². The van der Waals surface area contributed by atoms with E-state index < -0.39 is 28.5 Å². The molecule has 0 unspecified atom stereocenters. The smallest absolute Gasteiger partial charge is 0.244 e. The zero-order chi connectivity index (χ0) is 27.2. The van der Waals surface area contributed by atoms with E-state index in [1.807, 2.05) is 33.8 Å². The first-order valence-electron chi connectivity index (χ1n) is 11.9. The van der Waals surface area contributed by atoms with Gasteiger partial charge in [0.05, 0.1) is 22.0 Å². The van der Waals surface area contributed by atoms with Gasteiger partial charge < -0.3 is 10.2 Å². The highest BCUT2D eigenvalue weighted by Gasteiger charge is 2.32. The second-order valence-corrected chi connectivity index (χ2v) is 11.8. The van der Waals surface area contributed by atoms with Crippen molar-refractivity contribution < 1.29 is 18.0 Å². The highest BCUT2D eigenvalue weighted by Crippen LogP contribution is 2.26. The van der Waals surface area contributed by atoms with E-state index in [0.717, 1.165) is 28.1 Å². The quantitative estimate of drug-likeness (QED) is 0.418. The van der Waals surface area contributed by atoms with Gasteiger partial charge in [0, 0.05) is 12.6 Å². The molecule has 0 aliphatic rings. The summed E-state index contributed by atoms with van der Waals surface area (Å²) in [6.45, 7) is 8.98. The molecule has 0 aromatic heterocycles. The van der Waals surface area contributed by atoms with Gasteiger partial charge in [-0.25, -0.2) is 8.42 Å². The molecule has 0 heterocycles. The number of hydrogen-bond acceptors (Lipinski definition) is 4. The maximum atomic E-state index is 13.7. The number of sulfonamides is 1. The largest absolute Gasteiger partial charge is 0.352 e. The Hall–Kier alpha value is -2.29. The van der Waals surface area contributed by atoms with E-state index in [-0.39, 0.29) is 18.5 Å². The van der Waals surface area contributed by atoms with Crippen LogP contribution >= 0.6 is 23.2 Å². The molecule has 36 heavy (non-hydrogen) atoms. The summed E-state index contributed by atoms with van der Waals surface area (Å²) in [6, 6.07) is 9.47. The lowest BCUT2D eigenvalue weighted by molar-refractivity contribution is -0.140. The number of nitrogens with zero attached hydrogens (tertiary/aromatic N) is 2. The third-order valence-electron chi connectivity index (χ3n) is 6.02. The lowest BCUT2D eigenvalue weighted by Crippen LogP contribution is -2.53. The second-order valence-electron chi connectivity index (χ2n) is 9.07. The molecule has 0 saturated heterocycles. The molecule has 2 aromatic carbocycles. The SMILES string of the molecule is CC[C@@H](C)NC(=O)[C@@H](CC)N(Cc1ccc(Cl)c(Cl)c1)C(=O)CN(c1ccc(C)cc1C)S(C)(=O)=O. The first kappa shape index (κ1) is 29.9. The predicted molar refractivity (Wildman–Crippen MR) is 147 cm³/mol. The number of carbonyl (C=O) groups is 2. The molecule has 0 radical (unpaired) electrons. The molecule has 0 bridgehead atoms. The summed E-state index contributed by atoms with van der Waals surface area (Å²) >= 11 is 12.2. The van der Waals surface area contributed by atoms with Crippen LogP contribution in [0.2, 0.25) is 10.0 Å². The Kier molecular flexibility index (Phi) is 10.6. The van der Waals surface area contributed by atoms with Crippen molar-refractivity contribution in [3.8, 4) is 0 Å². The van der Waals surface area contributed by atoms with Gasteiger partial charge in [0.25, 0.3) is 0 Å². The Morgan fingerprint density at radius 1 is 1.00 bits per heavy atom. The molecule has 10 heteroatoms. The monoisotopic (exact) mass is 555 g/mol. The first-order chi connectivity index (χ1) is 16.8. The fourth-order valence-electron chi connectivity index (χ4n) is 3.88. The molecular weight excluding hydrogens is 521 g/mol. The van der Waals surface area contributed by atoms with Crippen LogP contribution in [-0.4, -0.2) is 50.0 Å². The summed E-state index contributed by atoms with van der Waals surface area (Å²) in [5.41, 5.74) is 2.80. The summed E-state index contributed by atoms with van der Waals surface area (Å²) in [7, 11) is -3.80. The average molecular weight is 557 g/mol. The van der Waals surface area contributed by atoms with Crippen LogP contribution in [0.15, 0.2) is 36.4 Å². The number of aryl methyl sites for hydroxylation is 2. The average Bonchev–Trinajstić information content (AvgIpc) is 2.79. The van der Waals surface area contributed by atoms with Gasteiger partial charge in [-0.3, -0.25) is 13.9 Å². The van der Waals surface area contributed by atoms with Crippen molar-refractivity contribution in [2.45, 2.75) is 66.1 Å². The van der Waals surface area contributed by atoms with Crippen LogP contribution in [0.5, 0.6) is 0 Å². The van der Waals surface area contributed by atoms with Crippen LogP contribution in [0.1, 0.15) is 50.3 Å². The van der Waals surface area contributed by atoms with Crippen molar-refractivity contribution in [1.29, 1.82) is 0 Å². The fourth-order valence-corrected chi connectivity index (χ4v) is 5.10. The maximum Gasteiger partial charge on any atom is 0.244 e. The van der Waals surface area contributed by atoms with Gasteiger partial charge in [0.15, 0.2) is 0 Å². The van der Waals surface area contributed by atoms with Crippen LogP contribution in [0.4, 0.5) is 5.69 Å². The molecule has 2 aromatic rings. The molecule has 0 fully saturated rings. The van der Waals surface area contributed by atoms with E-state index in [1.165, 1.54) is 4.90 Å². The number of rotatable bonds is 11. The van der Waals surface area contributed by atoms with Gasteiger partial charge in [0.1, 0.15) is 12.6 Å². The zero-order valence-corrected chi connectivity index (χ0v) is 24.0. The van der Waals surface area contributed by atoms with E-state index in [2.05, 4.69) is 5.32 Å². The minimum absolute atomic E-state index is 0.0621. The summed E-state index contributed by atoms with van der Waals surface area (Å²) < 4.78 is 26.6. The maximum absolute atomic E-state index is 13.7. The number of carbonyl (C=O) groups excluding carboxylic acids is 2. The first-order valence-corrected chi connectivity index (χ1v) is 14.5. The van der Waals surface area contributed by atoms with Crippen molar-refractivity contribution in [1.82, 2.24) is 10.2 Å². The summed E-state index contributed by atoms with van der Waals surface area (Å²) in [5.74, 6) is -0.796. The number of hydrogen-bond donors (Lipinski definition) is 1. The third-order valence-corrected chi connectivity index (χ3v) is 7.89. The number of anilines is 1. The fraction of sp³-hybridized carbons (Fsp3) is 0.462. The Morgan fingerprint density at radius 3 is 2.19 bits per heavy atom. The van der Waals surface area contributed by atoms with Gasteiger partial charge in [-0.1, -0.05) is 60.8 Å². The summed E-state index contributed by atoms with van der Waals surface area (Å²) in [5, 5.41) is 3.64. The summed E-state index contributed by atoms with van der Waals surface area (Å²) in [6.07, 6.45) is 2.14. The standard InChI is InChI=1S/C26H35Cl2N3O4S/c1-7-19(5)29-26(33)23(8-2)30(15-20-10-11-21(27)22(28)14-20)25(32)16-31(36(6,34)35)24-12-9-17(3)13-18(24)4/h9-14,19,23H,7-8,15-16H2,1-6H3,(H,29,33)/t19-,23-/m1/s1. The zero-order valence-electron chi connectivity index (χ0n) is 21.6. The molecule has 2 atom stereocenters. The van der Waals surface area contributed by atoms with Crippen LogP contribution in [0, 0.1) is 13.8 Å². The normalized spacial score (nSPS) is 13.1. The number of amides is 2. The summed E-state index contributed by atoms with van der Waals surface area (Å²) in [4.78, 5) is 28.3. The van der Waals surface area contributed by atoms with E-state index in [4.69, 9.17) is 23.2 Å². The van der Waals surface area contributed by atoms with E-state index in [1.54, 1.807) is 37.3 Å². The van der Waals surface area contributed by atoms with E-state index in [9.17, 15) is 18.0 Å². The number of nitrogens with one attached hydrogen (secondary N) is 1. The van der Waals surface area contributed by atoms with E-state index >= 15 is 0 Å².